The van der Waals surface area contributed by atoms with Crippen LogP contribution < -0.4 is 0 Å². The maximum atomic E-state index is 2.41. The molecule has 0 saturated heterocycles. The van der Waals surface area contributed by atoms with Crippen molar-refractivity contribution in [2.24, 2.45) is 0 Å². The van der Waals surface area contributed by atoms with Crippen LogP contribution in [0.4, 0.5) is 0 Å². The Morgan fingerprint density at radius 3 is 1.52 bits per heavy atom. The fraction of sp³-hybridized carbons (Fsp3) is 0.429. The highest BCUT2D eigenvalue weighted by atomic mass is 15.1. The zero-order chi connectivity index (χ0) is 16.7. The average Bonchev–Trinajstić information content (AvgIpc) is 2.47. The van der Waals surface area contributed by atoms with Crippen molar-refractivity contribution in [3.63, 3.8) is 0 Å². The molecule has 2 heteroatoms. The van der Waals surface area contributed by atoms with Crippen LogP contribution in [0.3, 0.4) is 0 Å². The van der Waals surface area contributed by atoms with Crippen LogP contribution in [0.25, 0.3) is 0 Å². The molecule has 2 aromatic carbocycles. The Morgan fingerprint density at radius 1 is 0.696 bits per heavy atom. The lowest BCUT2D eigenvalue weighted by Crippen LogP contribution is -2.25. The van der Waals surface area contributed by atoms with E-state index >= 15 is 0 Å². The summed E-state index contributed by atoms with van der Waals surface area (Å²) in [7, 11) is 4.42. The molecule has 0 fully saturated rings. The molecule has 0 aromatic heterocycles. The molecule has 0 bridgehead atoms. The number of nitrogens with zero attached hydrogens (tertiary/aromatic N) is 2. The number of benzene rings is 2. The number of hydrogen-bond acceptors (Lipinski definition) is 2. The van der Waals surface area contributed by atoms with Gasteiger partial charge in [-0.2, -0.15) is 0 Å². The molecule has 0 saturated carbocycles. The fourth-order valence-electron chi connectivity index (χ4n) is 3.01. The van der Waals surface area contributed by atoms with Crippen molar-refractivity contribution >= 4 is 0 Å². The van der Waals surface area contributed by atoms with E-state index in [-0.39, 0.29) is 0 Å². The molecule has 0 aliphatic carbocycles. The lowest BCUT2D eigenvalue weighted by Gasteiger charge is -2.20. The van der Waals surface area contributed by atoms with E-state index in [9.17, 15) is 0 Å². The summed E-state index contributed by atoms with van der Waals surface area (Å²) >= 11 is 0. The van der Waals surface area contributed by atoms with Gasteiger partial charge in [-0.15, -0.1) is 0 Å². The third-order valence-electron chi connectivity index (χ3n) is 4.15. The lowest BCUT2D eigenvalue weighted by atomic mass is 10.1. The van der Waals surface area contributed by atoms with E-state index in [0.29, 0.717) is 0 Å². The van der Waals surface area contributed by atoms with Gasteiger partial charge in [0.25, 0.3) is 0 Å². The van der Waals surface area contributed by atoms with Gasteiger partial charge in [0.05, 0.1) is 0 Å². The normalized spacial score (nSPS) is 11.4. The first kappa shape index (κ1) is 17.7. The highest BCUT2D eigenvalue weighted by Gasteiger charge is 2.04. The molecule has 0 amide bonds. The van der Waals surface area contributed by atoms with Gasteiger partial charge < -0.3 is 9.80 Å². The first-order valence-electron chi connectivity index (χ1n) is 8.51. The highest BCUT2D eigenvalue weighted by molar-refractivity contribution is 5.22. The van der Waals surface area contributed by atoms with Crippen LogP contribution in [-0.2, 0) is 13.1 Å². The van der Waals surface area contributed by atoms with Crippen molar-refractivity contribution in [2.45, 2.75) is 33.4 Å². The Hall–Kier alpha value is -1.64. The summed E-state index contributed by atoms with van der Waals surface area (Å²) in [6.07, 6.45) is 1.20. The maximum absolute atomic E-state index is 2.41. The van der Waals surface area contributed by atoms with E-state index in [4.69, 9.17) is 0 Å². The molecule has 2 rings (SSSR count). The molecule has 0 heterocycles. The Labute approximate surface area is 141 Å². The van der Waals surface area contributed by atoms with Gasteiger partial charge >= 0.3 is 0 Å². The van der Waals surface area contributed by atoms with Crippen molar-refractivity contribution in [2.75, 3.05) is 27.2 Å². The Morgan fingerprint density at radius 2 is 1.13 bits per heavy atom. The summed E-state index contributed by atoms with van der Waals surface area (Å²) in [6.45, 7) is 8.64. The molecule has 0 spiro atoms. The Balaban J connectivity index is 1.69. The molecule has 0 unspecified atom stereocenters. The SMILES string of the molecule is Cc1cccc(CN(C)CCCN(C)Cc2cccc(C)c2)c1. The minimum atomic E-state index is 1.03. The molecule has 2 nitrogen and oxygen atoms in total. The van der Waals surface area contributed by atoms with Gasteiger partial charge in [-0.3, -0.25) is 0 Å². The predicted octanol–water partition coefficient (Wildman–Crippen LogP) is 4.26. The zero-order valence-corrected chi connectivity index (χ0v) is 15.0. The standard InChI is InChI=1S/C21H30N2/c1-18-8-5-10-20(14-18)16-22(3)12-7-13-23(4)17-21-11-6-9-19(2)15-21/h5-6,8-11,14-15H,7,12-13,16-17H2,1-4H3. The molecular formula is C21H30N2. The average molecular weight is 310 g/mol. The third-order valence-corrected chi connectivity index (χ3v) is 4.15. The quantitative estimate of drug-likeness (QED) is 0.719. The molecule has 0 atom stereocenters. The van der Waals surface area contributed by atoms with Crippen LogP contribution in [0.2, 0.25) is 0 Å². The number of hydrogen-bond donors (Lipinski definition) is 0. The second-order valence-electron chi connectivity index (χ2n) is 6.81. The molecule has 0 aliphatic rings. The lowest BCUT2D eigenvalue weighted by molar-refractivity contribution is 0.270. The van der Waals surface area contributed by atoms with Crippen molar-refractivity contribution in [1.82, 2.24) is 9.80 Å². The maximum Gasteiger partial charge on any atom is 0.0230 e. The van der Waals surface area contributed by atoms with Crippen LogP contribution in [0.1, 0.15) is 28.7 Å². The van der Waals surface area contributed by atoms with Crippen LogP contribution in [0.5, 0.6) is 0 Å². The summed E-state index contributed by atoms with van der Waals surface area (Å²) in [5, 5.41) is 0. The summed E-state index contributed by atoms with van der Waals surface area (Å²) in [5.74, 6) is 0. The smallest absolute Gasteiger partial charge is 0.0230 e. The molecular weight excluding hydrogens is 280 g/mol. The molecule has 2 aromatic rings. The Bertz CT molecular complexity index is 553. The predicted molar refractivity (Wildman–Crippen MR) is 99.6 cm³/mol. The van der Waals surface area contributed by atoms with Gasteiger partial charge in [-0.25, -0.2) is 0 Å². The van der Waals surface area contributed by atoms with Gasteiger partial charge in [0.2, 0.25) is 0 Å². The van der Waals surface area contributed by atoms with Crippen LogP contribution in [0, 0.1) is 13.8 Å². The summed E-state index contributed by atoms with van der Waals surface area (Å²) in [6, 6.07) is 17.6. The highest BCUT2D eigenvalue weighted by Crippen LogP contribution is 2.08. The van der Waals surface area contributed by atoms with Crippen molar-refractivity contribution in [1.29, 1.82) is 0 Å². The second-order valence-corrected chi connectivity index (χ2v) is 6.81. The van der Waals surface area contributed by atoms with Gasteiger partial charge in [-0.1, -0.05) is 59.7 Å². The van der Waals surface area contributed by atoms with E-state index in [1.54, 1.807) is 0 Å². The first-order valence-corrected chi connectivity index (χ1v) is 8.51. The minimum absolute atomic E-state index is 1.03. The van der Waals surface area contributed by atoms with Gasteiger partial charge in [0, 0.05) is 13.1 Å². The molecule has 0 radical (unpaired) electrons. The van der Waals surface area contributed by atoms with E-state index in [1.807, 2.05) is 0 Å². The first-order chi connectivity index (χ1) is 11.0. The topological polar surface area (TPSA) is 6.48 Å². The molecule has 0 aliphatic heterocycles. The van der Waals surface area contributed by atoms with Crippen LogP contribution in [0.15, 0.2) is 48.5 Å². The van der Waals surface area contributed by atoms with E-state index < -0.39 is 0 Å². The van der Waals surface area contributed by atoms with E-state index in [1.165, 1.54) is 28.7 Å². The zero-order valence-electron chi connectivity index (χ0n) is 15.0. The Kier molecular flexibility index (Phi) is 6.82. The summed E-state index contributed by atoms with van der Waals surface area (Å²) in [5.41, 5.74) is 5.49. The minimum Gasteiger partial charge on any atom is -0.302 e. The number of rotatable bonds is 8. The van der Waals surface area contributed by atoms with E-state index in [2.05, 4.69) is 86.3 Å². The van der Waals surface area contributed by atoms with Crippen molar-refractivity contribution < 1.29 is 0 Å². The number of aryl methyl sites for hydroxylation is 2. The van der Waals surface area contributed by atoms with Gasteiger partial charge in [0.15, 0.2) is 0 Å². The van der Waals surface area contributed by atoms with Gasteiger partial charge in [0.1, 0.15) is 0 Å². The third kappa shape index (κ3) is 6.55. The van der Waals surface area contributed by atoms with Crippen molar-refractivity contribution in [3.05, 3.63) is 70.8 Å². The largest absolute Gasteiger partial charge is 0.302 e. The van der Waals surface area contributed by atoms with E-state index in [0.717, 1.165) is 26.2 Å². The molecule has 124 valence electrons. The monoisotopic (exact) mass is 310 g/mol. The summed E-state index contributed by atoms with van der Waals surface area (Å²) < 4.78 is 0. The van der Waals surface area contributed by atoms with Gasteiger partial charge in [-0.05, 0) is 58.6 Å². The molecule has 0 N–H and O–H groups in total. The van der Waals surface area contributed by atoms with Crippen molar-refractivity contribution in [3.8, 4) is 0 Å². The summed E-state index contributed by atoms with van der Waals surface area (Å²) in [4.78, 5) is 4.82. The molecule has 23 heavy (non-hydrogen) atoms. The van der Waals surface area contributed by atoms with Crippen LogP contribution in [-0.4, -0.2) is 37.0 Å². The van der Waals surface area contributed by atoms with Crippen LogP contribution >= 0.6 is 0 Å². The second kappa shape index (κ2) is 8.85. The fourth-order valence-corrected chi connectivity index (χ4v) is 3.01.